The molecule has 1 fully saturated rings. The van der Waals surface area contributed by atoms with Crippen molar-refractivity contribution in [2.75, 3.05) is 6.54 Å². The number of hydrogen-bond donors (Lipinski definition) is 0. The van der Waals surface area contributed by atoms with E-state index in [9.17, 15) is 10.1 Å². The zero-order valence-corrected chi connectivity index (χ0v) is 12.7. The van der Waals surface area contributed by atoms with E-state index in [2.05, 4.69) is 26.8 Å². The molecule has 1 saturated carbocycles. The van der Waals surface area contributed by atoms with Gasteiger partial charge < -0.3 is 4.90 Å². The highest BCUT2D eigenvalue weighted by Crippen LogP contribution is 2.37. The first-order valence-corrected chi connectivity index (χ1v) is 7.79. The number of amides is 1. The summed E-state index contributed by atoms with van der Waals surface area (Å²) in [5, 5.41) is 9.52. The first kappa shape index (κ1) is 16.0. The van der Waals surface area contributed by atoms with Crippen LogP contribution >= 0.6 is 0 Å². The molecule has 1 aliphatic carbocycles. The molecule has 0 aromatic heterocycles. The zero-order valence-electron chi connectivity index (χ0n) is 12.7. The fraction of sp³-hybridized carbons (Fsp3) is 0.875. The summed E-state index contributed by atoms with van der Waals surface area (Å²) in [6.45, 7) is 7.07. The summed E-state index contributed by atoms with van der Waals surface area (Å²) >= 11 is 0. The smallest absolute Gasteiger partial charge is 0.243 e. The molecule has 0 unspecified atom stereocenters. The van der Waals surface area contributed by atoms with E-state index in [1.54, 1.807) is 0 Å². The Kier molecular flexibility index (Phi) is 6.34. The number of unbranched alkanes of at least 4 members (excludes halogenated alkanes) is 2. The van der Waals surface area contributed by atoms with Crippen molar-refractivity contribution in [3.05, 3.63) is 0 Å². The van der Waals surface area contributed by atoms with Gasteiger partial charge in [0.25, 0.3) is 0 Å². The van der Waals surface area contributed by atoms with E-state index < -0.39 is 5.41 Å². The van der Waals surface area contributed by atoms with E-state index in [0.717, 1.165) is 57.9 Å². The molecule has 0 heterocycles. The summed E-state index contributed by atoms with van der Waals surface area (Å²) in [5.41, 5.74) is -0.727. The van der Waals surface area contributed by atoms with Crippen LogP contribution in [0.1, 0.15) is 72.1 Å². The van der Waals surface area contributed by atoms with E-state index in [0.29, 0.717) is 0 Å². The second-order valence-electron chi connectivity index (χ2n) is 6.05. The lowest BCUT2D eigenvalue weighted by Crippen LogP contribution is -2.47. The summed E-state index contributed by atoms with van der Waals surface area (Å²) < 4.78 is 0. The predicted octanol–water partition coefficient (Wildman–Crippen LogP) is 3.89. The number of hydrogen-bond acceptors (Lipinski definition) is 2. The topological polar surface area (TPSA) is 44.1 Å². The number of nitriles is 1. The molecule has 3 nitrogen and oxygen atoms in total. The van der Waals surface area contributed by atoms with Crippen LogP contribution in [0.5, 0.6) is 0 Å². The second-order valence-corrected chi connectivity index (χ2v) is 6.05. The quantitative estimate of drug-likeness (QED) is 0.683. The van der Waals surface area contributed by atoms with E-state index in [4.69, 9.17) is 0 Å². The lowest BCUT2D eigenvalue weighted by Gasteiger charge is -2.37. The van der Waals surface area contributed by atoms with Gasteiger partial charge in [0.2, 0.25) is 5.91 Å². The van der Waals surface area contributed by atoms with Gasteiger partial charge >= 0.3 is 0 Å². The average molecular weight is 264 g/mol. The van der Waals surface area contributed by atoms with Crippen molar-refractivity contribution in [1.82, 2.24) is 4.90 Å². The Labute approximate surface area is 118 Å². The molecular formula is C16H28N2O. The van der Waals surface area contributed by atoms with E-state index in [1.165, 1.54) is 0 Å². The lowest BCUT2D eigenvalue weighted by atomic mass is 9.74. The molecule has 108 valence electrons. The molecule has 0 spiro atoms. The molecule has 1 aliphatic rings. The molecule has 0 N–H and O–H groups in total. The molecule has 19 heavy (non-hydrogen) atoms. The van der Waals surface area contributed by atoms with Gasteiger partial charge in [0.05, 0.1) is 6.07 Å². The molecule has 3 heteroatoms. The van der Waals surface area contributed by atoms with Crippen LogP contribution in [-0.2, 0) is 4.79 Å². The maximum Gasteiger partial charge on any atom is 0.243 e. The van der Waals surface area contributed by atoms with Crippen LogP contribution in [0.2, 0.25) is 0 Å². The van der Waals surface area contributed by atoms with Gasteiger partial charge in [-0.3, -0.25) is 4.79 Å². The molecule has 1 amide bonds. The Balaban J connectivity index is 2.76. The van der Waals surface area contributed by atoms with Gasteiger partial charge in [-0.15, -0.1) is 0 Å². The third-order valence-electron chi connectivity index (χ3n) is 4.22. The van der Waals surface area contributed by atoms with Crippen LogP contribution in [-0.4, -0.2) is 23.4 Å². The largest absolute Gasteiger partial charge is 0.339 e. The van der Waals surface area contributed by atoms with Gasteiger partial charge in [0.15, 0.2) is 0 Å². The van der Waals surface area contributed by atoms with E-state index in [-0.39, 0.29) is 11.9 Å². The van der Waals surface area contributed by atoms with Gasteiger partial charge in [-0.25, -0.2) is 0 Å². The van der Waals surface area contributed by atoms with Crippen molar-refractivity contribution >= 4 is 5.91 Å². The van der Waals surface area contributed by atoms with E-state index >= 15 is 0 Å². The molecule has 0 aliphatic heterocycles. The molecule has 0 atom stereocenters. The Morgan fingerprint density at radius 3 is 2.37 bits per heavy atom. The SMILES string of the molecule is CCCCCN(C(=O)C1(C#N)CCCCC1)C(C)C. The number of carbonyl (C=O) groups is 1. The molecule has 0 saturated heterocycles. The maximum atomic E-state index is 12.8. The molecule has 0 radical (unpaired) electrons. The van der Waals surface area contributed by atoms with Crippen LogP contribution < -0.4 is 0 Å². The van der Waals surface area contributed by atoms with E-state index in [1.807, 2.05) is 4.90 Å². The summed E-state index contributed by atoms with van der Waals surface area (Å²) in [5.74, 6) is 0.0841. The third-order valence-corrected chi connectivity index (χ3v) is 4.22. The fourth-order valence-corrected chi connectivity index (χ4v) is 2.93. The number of nitrogens with zero attached hydrogens (tertiary/aromatic N) is 2. The van der Waals surface area contributed by atoms with Crippen LogP contribution in [0.4, 0.5) is 0 Å². The standard InChI is InChI=1S/C16H28N2O/c1-4-5-9-12-18(14(2)3)15(19)16(13-17)10-7-6-8-11-16/h14H,4-12H2,1-3H3. The molecule has 1 rings (SSSR count). The van der Waals surface area contributed by atoms with Crippen LogP contribution in [0.25, 0.3) is 0 Å². The normalized spacial score (nSPS) is 18.1. The Morgan fingerprint density at radius 2 is 1.89 bits per heavy atom. The van der Waals surface area contributed by atoms with Crippen molar-refractivity contribution in [2.24, 2.45) is 5.41 Å². The second kappa shape index (κ2) is 7.53. The minimum atomic E-state index is -0.727. The van der Waals surface area contributed by atoms with Crippen molar-refractivity contribution in [2.45, 2.75) is 78.2 Å². The Morgan fingerprint density at radius 1 is 1.26 bits per heavy atom. The van der Waals surface area contributed by atoms with Gasteiger partial charge in [-0.2, -0.15) is 5.26 Å². The van der Waals surface area contributed by atoms with Crippen molar-refractivity contribution < 1.29 is 4.79 Å². The highest BCUT2D eigenvalue weighted by molar-refractivity contribution is 5.85. The number of rotatable bonds is 6. The highest BCUT2D eigenvalue weighted by Gasteiger charge is 2.42. The fourth-order valence-electron chi connectivity index (χ4n) is 2.93. The van der Waals surface area contributed by atoms with Gasteiger partial charge in [0.1, 0.15) is 5.41 Å². The van der Waals surface area contributed by atoms with Gasteiger partial charge in [0, 0.05) is 12.6 Å². The summed E-state index contributed by atoms with van der Waals surface area (Å²) in [6, 6.07) is 2.54. The maximum absolute atomic E-state index is 12.8. The minimum absolute atomic E-state index is 0.0841. The Hall–Kier alpha value is -1.04. The number of carbonyl (C=O) groups excluding carboxylic acids is 1. The minimum Gasteiger partial charge on any atom is -0.339 e. The lowest BCUT2D eigenvalue weighted by molar-refractivity contribution is -0.142. The molecule has 0 aromatic carbocycles. The zero-order chi connectivity index (χ0) is 14.3. The van der Waals surface area contributed by atoms with Crippen molar-refractivity contribution in [3.63, 3.8) is 0 Å². The Bertz CT molecular complexity index is 324. The predicted molar refractivity (Wildman–Crippen MR) is 77.5 cm³/mol. The van der Waals surface area contributed by atoms with Crippen LogP contribution in [0.3, 0.4) is 0 Å². The molecule has 0 aromatic rings. The van der Waals surface area contributed by atoms with Crippen LogP contribution in [0, 0.1) is 16.7 Å². The first-order valence-electron chi connectivity index (χ1n) is 7.79. The average Bonchev–Trinajstić information content (AvgIpc) is 2.43. The summed E-state index contributed by atoms with van der Waals surface area (Å²) in [7, 11) is 0. The molecule has 0 bridgehead atoms. The van der Waals surface area contributed by atoms with Gasteiger partial charge in [-0.05, 0) is 33.1 Å². The third kappa shape index (κ3) is 3.96. The molecular weight excluding hydrogens is 236 g/mol. The van der Waals surface area contributed by atoms with Crippen molar-refractivity contribution in [1.29, 1.82) is 5.26 Å². The monoisotopic (exact) mass is 264 g/mol. The summed E-state index contributed by atoms with van der Waals surface area (Å²) in [6.07, 6.45) is 8.04. The summed E-state index contributed by atoms with van der Waals surface area (Å²) in [4.78, 5) is 14.7. The first-order chi connectivity index (χ1) is 9.07. The highest BCUT2D eigenvalue weighted by atomic mass is 16.2. The van der Waals surface area contributed by atoms with Crippen LogP contribution in [0.15, 0.2) is 0 Å². The van der Waals surface area contributed by atoms with Gasteiger partial charge in [-0.1, -0.05) is 39.0 Å². The van der Waals surface area contributed by atoms with Crippen molar-refractivity contribution in [3.8, 4) is 6.07 Å².